The molecular formula is C10H16N2. The summed E-state index contributed by atoms with van der Waals surface area (Å²) in [6.45, 7) is 6.44. The van der Waals surface area contributed by atoms with Gasteiger partial charge in [-0.2, -0.15) is 0 Å². The molecule has 0 radical (unpaired) electrons. The number of rotatable bonds is 2. The number of aromatic nitrogens is 1. The zero-order valence-corrected chi connectivity index (χ0v) is 7.96. The fraction of sp³-hybridized carbons (Fsp3) is 0.500. The minimum atomic E-state index is 0.653. The van der Waals surface area contributed by atoms with E-state index < -0.39 is 0 Å². The number of hydrogen-bond acceptors (Lipinski definition) is 2. The molecule has 1 heterocycles. The lowest BCUT2D eigenvalue weighted by atomic mass is 10.0. The normalized spacial score (nSPS) is 10.7. The van der Waals surface area contributed by atoms with Crippen molar-refractivity contribution in [3.05, 3.63) is 23.5 Å². The number of nitrogen functional groups attached to an aromatic ring is 1. The van der Waals surface area contributed by atoms with Gasteiger partial charge in [0.15, 0.2) is 0 Å². The van der Waals surface area contributed by atoms with Crippen molar-refractivity contribution in [1.82, 2.24) is 4.98 Å². The van der Waals surface area contributed by atoms with Crippen molar-refractivity contribution in [3.63, 3.8) is 0 Å². The van der Waals surface area contributed by atoms with Crippen LogP contribution in [0, 0.1) is 12.8 Å². The van der Waals surface area contributed by atoms with Crippen LogP contribution in [0.25, 0.3) is 0 Å². The summed E-state index contributed by atoms with van der Waals surface area (Å²) in [6, 6.07) is 1.98. The van der Waals surface area contributed by atoms with Gasteiger partial charge in [0, 0.05) is 5.69 Å². The molecule has 0 spiro atoms. The number of nitrogens with zero attached hydrogens (tertiary/aromatic N) is 1. The molecule has 1 aromatic rings. The molecule has 0 aliphatic carbocycles. The Balaban J connectivity index is 2.86. The first-order valence-corrected chi connectivity index (χ1v) is 4.30. The van der Waals surface area contributed by atoms with Crippen molar-refractivity contribution in [1.29, 1.82) is 0 Å². The van der Waals surface area contributed by atoms with Gasteiger partial charge in [-0.1, -0.05) is 13.8 Å². The molecule has 2 nitrogen and oxygen atoms in total. The van der Waals surface area contributed by atoms with E-state index in [1.54, 1.807) is 6.20 Å². The number of anilines is 1. The van der Waals surface area contributed by atoms with Gasteiger partial charge in [-0.15, -0.1) is 0 Å². The Kier molecular flexibility index (Phi) is 2.69. The third kappa shape index (κ3) is 2.22. The van der Waals surface area contributed by atoms with Crippen LogP contribution in [0.2, 0.25) is 0 Å². The van der Waals surface area contributed by atoms with Crippen LogP contribution >= 0.6 is 0 Å². The van der Waals surface area contributed by atoms with E-state index in [0.717, 1.165) is 12.1 Å². The zero-order chi connectivity index (χ0) is 9.14. The van der Waals surface area contributed by atoms with Crippen LogP contribution < -0.4 is 5.73 Å². The molecule has 0 aromatic carbocycles. The van der Waals surface area contributed by atoms with E-state index in [-0.39, 0.29) is 0 Å². The molecule has 2 N–H and O–H groups in total. The summed E-state index contributed by atoms with van der Waals surface area (Å²) in [6.07, 6.45) is 2.76. The van der Waals surface area contributed by atoms with Crippen molar-refractivity contribution in [2.75, 3.05) is 5.73 Å². The molecule has 0 aliphatic heterocycles. The van der Waals surface area contributed by atoms with Gasteiger partial charge >= 0.3 is 0 Å². The fourth-order valence-electron chi connectivity index (χ4n) is 1.23. The lowest BCUT2D eigenvalue weighted by Gasteiger charge is -2.07. The minimum Gasteiger partial charge on any atom is -0.397 e. The number of aryl methyl sites for hydroxylation is 1. The largest absolute Gasteiger partial charge is 0.397 e. The fourth-order valence-corrected chi connectivity index (χ4v) is 1.23. The second-order valence-corrected chi connectivity index (χ2v) is 3.63. The Morgan fingerprint density at radius 1 is 1.50 bits per heavy atom. The van der Waals surface area contributed by atoms with Crippen molar-refractivity contribution in [3.8, 4) is 0 Å². The first-order valence-electron chi connectivity index (χ1n) is 4.30. The second kappa shape index (κ2) is 3.57. The molecule has 1 rings (SSSR count). The average molecular weight is 164 g/mol. The molecule has 0 unspecified atom stereocenters. The van der Waals surface area contributed by atoms with Crippen molar-refractivity contribution < 1.29 is 0 Å². The van der Waals surface area contributed by atoms with Crippen LogP contribution in [0.5, 0.6) is 0 Å². The maximum atomic E-state index is 5.60. The predicted molar refractivity (Wildman–Crippen MR) is 51.9 cm³/mol. The summed E-state index contributed by atoms with van der Waals surface area (Å²) < 4.78 is 0. The van der Waals surface area contributed by atoms with Gasteiger partial charge in [-0.25, -0.2) is 0 Å². The van der Waals surface area contributed by atoms with E-state index in [2.05, 4.69) is 25.8 Å². The summed E-state index contributed by atoms with van der Waals surface area (Å²) in [5, 5.41) is 0. The van der Waals surface area contributed by atoms with E-state index >= 15 is 0 Å². The van der Waals surface area contributed by atoms with Gasteiger partial charge < -0.3 is 5.73 Å². The first kappa shape index (κ1) is 9.04. The van der Waals surface area contributed by atoms with Crippen LogP contribution in [0.3, 0.4) is 0 Å². The van der Waals surface area contributed by atoms with Gasteiger partial charge in [-0.05, 0) is 30.9 Å². The van der Waals surface area contributed by atoms with Crippen molar-refractivity contribution >= 4 is 5.69 Å². The van der Waals surface area contributed by atoms with E-state index in [4.69, 9.17) is 5.73 Å². The Morgan fingerprint density at radius 3 is 2.67 bits per heavy atom. The molecule has 0 bridgehead atoms. The van der Waals surface area contributed by atoms with Crippen molar-refractivity contribution in [2.45, 2.75) is 27.2 Å². The Bertz CT molecular complexity index is 267. The molecule has 66 valence electrons. The Labute approximate surface area is 73.8 Å². The van der Waals surface area contributed by atoms with Crippen LogP contribution in [0.4, 0.5) is 5.69 Å². The highest BCUT2D eigenvalue weighted by Gasteiger charge is 2.02. The molecule has 12 heavy (non-hydrogen) atoms. The number of hydrogen-bond donors (Lipinski definition) is 1. The van der Waals surface area contributed by atoms with Gasteiger partial charge in [0.25, 0.3) is 0 Å². The van der Waals surface area contributed by atoms with E-state index in [9.17, 15) is 0 Å². The quantitative estimate of drug-likeness (QED) is 0.727. The van der Waals surface area contributed by atoms with Crippen molar-refractivity contribution in [2.24, 2.45) is 5.92 Å². The maximum absolute atomic E-state index is 5.60. The molecule has 0 saturated heterocycles. The monoisotopic (exact) mass is 164 g/mol. The standard InChI is InChI=1S/C10H16N2/c1-7(2)4-10-8(3)5-9(11)6-12-10/h5-7H,4,11H2,1-3H3. The zero-order valence-electron chi connectivity index (χ0n) is 7.96. The topological polar surface area (TPSA) is 38.9 Å². The third-order valence-corrected chi connectivity index (χ3v) is 1.81. The van der Waals surface area contributed by atoms with E-state index in [1.165, 1.54) is 11.3 Å². The molecule has 2 heteroatoms. The highest BCUT2D eigenvalue weighted by Crippen LogP contribution is 2.12. The van der Waals surface area contributed by atoms with Gasteiger partial charge in [0.1, 0.15) is 0 Å². The van der Waals surface area contributed by atoms with Crippen LogP contribution in [0.1, 0.15) is 25.1 Å². The van der Waals surface area contributed by atoms with Gasteiger partial charge in [0.05, 0.1) is 11.9 Å². The van der Waals surface area contributed by atoms with Gasteiger partial charge in [-0.3, -0.25) is 4.98 Å². The first-order chi connectivity index (χ1) is 5.59. The summed E-state index contributed by atoms with van der Waals surface area (Å²) in [7, 11) is 0. The summed E-state index contributed by atoms with van der Waals surface area (Å²) in [4.78, 5) is 4.29. The predicted octanol–water partition coefficient (Wildman–Crippen LogP) is 2.17. The van der Waals surface area contributed by atoms with Crippen LogP contribution in [0.15, 0.2) is 12.3 Å². The van der Waals surface area contributed by atoms with Crippen LogP contribution in [-0.2, 0) is 6.42 Å². The highest BCUT2D eigenvalue weighted by atomic mass is 14.7. The lowest BCUT2D eigenvalue weighted by Crippen LogP contribution is -2.01. The molecule has 1 aromatic heterocycles. The lowest BCUT2D eigenvalue weighted by molar-refractivity contribution is 0.632. The molecular weight excluding hydrogens is 148 g/mol. The Hall–Kier alpha value is -1.05. The maximum Gasteiger partial charge on any atom is 0.0503 e. The van der Waals surface area contributed by atoms with E-state index in [1.807, 2.05) is 6.07 Å². The highest BCUT2D eigenvalue weighted by molar-refractivity contribution is 5.39. The van der Waals surface area contributed by atoms with E-state index in [0.29, 0.717) is 5.92 Å². The Morgan fingerprint density at radius 2 is 2.17 bits per heavy atom. The third-order valence-electron chi connectivity index (χ3n) is 1.81. The minimum absolute atomic E-state index is 0.653. The smallest absolute Gasteiger partial charge is 0.0503 e. The van der Waals surface area contributed by atoms with Crippen LogP contribution in [-0.4, -0.2) is 4.98 Å². The summed E-state index contributed by atoms with van der Waals surface area (Å²) >= 11 is 0. The van der Waals surface area contributed by atoms with Gasteiger partial charge in [0.2, 0.25) is 0 Å². The number of pyridine rings is 1. The summed E-state index contributed by atoms with van der Waals surface area (Å²) in [5.41, 5.74) is 8.71. The summed E-state index contributed by atoms with van der Waals surface area (Å²) in [5.74, 6) is 0.653. The molecule has 0 aliphatic rings. The number of nitrogens with two attached hydrogens (primary N) is 1. The SMILES string of the molecule is Cc1cc(N)cnc1CC(C)C. The molecule has 0 saturated carbocycles. The molecule has 0 fully saturated rings. The average Bonchev–Trinajstić information content (AvgIpc) is 1.94. The molecule has 0 amide bonds. The molecule has 0 atom stereocenters. The second-order valence-electron chi connectivity index (χ2n) is 3.63.